The molecule has 0 saturated carbocycles. The molecule has 6 nitrogen and oxygen atoms in total. The number of anilines is 2. The number of carbonyl (C=O) groups excluding carboxylic acids is 1. The standard InChI is InChI=1S/C15H21N5O/c1-2-18-15(21)12-4-5-14(13(16)10-12)19-6-3-8-20-9-7-17-11-20/h4-5,7,9-11,19H,2-3,6,8,16H2,1H3,(H,18,21). The van der Waals surface area contributed by atoms with Gasteiger partial charge in [-0.15, -0.1) is 0 Å². The van der Waals surface area contributed by atoms with Gasteiger partial charge in [-0.25, -0.2) is 4.98 Å². The van der Waals surface area contributed by atoms with Gasteiger partial charge in [0.15, 0.2) is 0 Å². The van der Waals surface area contributed by atoms with E-state index >= 15 is 0 Å². The maximum Gasteiger partial charge on any atom is 0.251 e. The third-order valence-electron chi connectivity index (χ3n) is 3.12. The summed E-state index contributed by atoms with van der Waals surface area (Å²) in [6.45, 7) is 4.21. The fourth-order valence-corrected chi connectivity index (χ4v) is 2.03. The van der Waals surface area contributed by atoms with Crippen molar-refractivity contribution in [1.29, 1.82) is 0 Å². The van der Waals surface area contributed by atoms with Crippen LogP contribution in [0.3, 0.4) is 0 Å². The summed E-state index contributed by atoms with van der Waals surface area (Å²) in [7, 11) is 0. The number of benzene rings is 1. The molecular weight excluding hydrogens is 266 g/mol. The Labute approximate surface area is 124 Å². The number of carbonyl (C=O) groups is 1. The molecule has 0 spiro atoms. The lowest BCUT2D eigenvalue weighted by atomic mass is 10.1. The molecule has 0 fully saturated rings. The molecule has 6 heteroatoms. The Hall–Kier alpha value is -2.50. The minimum Gasteiger partial charge on any atom is -0.397 e. The van der Waals surface area contributed by atoms with Crippen molar-refractivity contribution < 1.29 is 4.79 Å². The number of aryl methyl sites for hydroxylation is 1. The van der Waals surface area contributed by atoms with Gasteiger partial charge in [0.05, 0.1) is 17.7 Å². The number of hydrogen-bond donors (Lipinski definition) is 3. The molecule has 0 aliphatic heterocycles. The third-order valence-corrected chi connectivity index (χ3v) is 3.12. The summed E-state index contributed by atoms with van der Waals surface area (Å²) in [4.78, 5) is 15.7. The Morgan fingerprint density at radius 2 is 2.29 bits per heavy atom. The number of amides is 1. The van der Waals surface area contributed by atoms with Gasteiger partial charge in [-0.05, 0) is 31.5 Å². The molecule has 2 rings (SSSR count). The van der Waals surface area contributed by atoms with E-state index in [2.05, 4.69) is 15.6 Å². The predicted molar refractivity (Wildman–Crippen MR) is 84.2 cm³/mol. The number of nitrogens with zero attached hydrogens (tertiary/aromatic N) is 2. The molecule has 21 heavy (non-hydrogen) atoms. The first-order valence-corrected chi connectivity index (χ1v) is 7.08. The van der Waals surface area contributed by atoms with Crippen LogP contribution in [0, 0.1) is 0 Å². The predicted octanol–water partition coefficient (Wildman–Crippen LogP) is 1.72. The number of nitrogens with one attached hydrogen (secondary N) is 2. The number of nitrogens with two attached hydrogens (primary N) is 1. The van der Waals surface area contributed by atoms with E-state index < -0.39 is 0 Å². The van der Waals surface area contributed by atoms with Crippen LogP contribution in [0.1, 0.15) is 23.7 Å². The molecule has 0 aliphatic carbocycles. The Morgan fingerprint density at radius 1 is 1.43 bits per heavy atom. The number of imidazole rings is 1. The van der Waals surface area contributed by atoms with Crippen molar-refractivity contribution in [2.45, 2.75) is 19.9 Å². The first-order chi connectivity index (χ1) is 10.2. The number of aromatic nitrogens is 2. The SMILES string of the molecule is CCNC(=O)c1ccc(NCCCn2ccnc2)c(N)c1. The highest BCUT2D eigenvalue weighted by atomic mass is 16.1. The molecule has 0 unspecified atom stereocenters. The quantitative estimate of drug-likeness (QED) is 0.534. The lowest BCUT2D eigenvalue weighted by Crippen LogP contribution is -2.22. The highest BCUT2D eigenvalue weighted by Crippen LogP contribution is 2.19. The zero-order chi connectivity index (χ0) is 15.1. The van der Waals surface area contributed by atoms with E-state index in [1.807, 2.05) is 23.8 Å². The van der Waals surface area contributed by atoms with Crippen molar-refractivity contribution in [1.82, 2.24) is 14.9 Å². The lowest BCUT2D eigenvalue weighted by Gasteiger charge is -2.11. The highest BCUT2D eigenvalue weighted by Gasteiger charge is 2.06. The summed E-state index contributed by atoms with van der Waals surface area (Å²) in [6.07, 6.45) is 6.48. The summed E-state index contributed by atoms with van der Waals surface area (Å²) in [5.41, 5.74) is 8.00. The molecule has 2 aromatic rings. The summed E-state index contributed by atoms with van der Waals surface area (Å²) in [5, 5.41) is 6.04. The smallest absolute Gasteiger partial charge is 0.251 e. The molecule has 1 aromatic heterocycles. The minimum absolute atomic E-state index is 0.101. The molecule has 1 amide bonds. The largest absolute Gasteiger partial charge is 0.397 e. The van der Waals surface area contributed by atoms with Crippen LogP contribution in [-0.4, -0.2) is 28.5 Å². The highest BCUT2D eigenvalue weighted by molar-refractivity contribution is 5.96. The molecule has 0 radical (unpaired) electrons. The van der Waals surface area contributed by atoms with Crippen LogP contribution in [0.4, 0.5) is 11.4 Å². The lowest BCUT2D eigenvalue weighted by molar-refractivity contribution is 0.0956. The van der Waals surface area contributed by atoms with Gasteiger partial charge in [0.25, 0.3) is 5.91 Å². The Bertz CT molecular complexity index is 580. The minimum atomic E-state index is -0.101. The van der Waals surface area contributed by atoms with E-state index in [1.165, 1.54) is 0 Å². The summed E-state index contributed by atoms with van der Waals surface area (Å²) < 4.78 is 2.03. The molecule has 0 atom stereocenters. The van der Waals surface area contributed by atoms with Crippen molar-refractivity contribution in [3.63, 3.8) is 0 Å². The van der Waals surface area contributed by atoms with Gasteiger partial charge in [-0.1, -0.05) is 0 Å². The monoisotopic (exact) mass is 287 g/mol. The van der Waals surface area contributed by atoms with Crippen molar-refractivity contribution in [2.24, 2.45) is 0 Å². The zero-order valence-electron chi connectivity index (χ0n) is 12.2. The zero-order valence-corrected chi connectivity index (χ0v) is 12.2. The van der Waals surface area contributed by atoms with Gasteiger partial charge in [0.1, 0.15) is 0 Å². The fraction of sp³-hybridized carbons (Fsp3) is 0.333. The molecular formula is C15H21N5O. The Balaban J connectivity index is 1.84. The van der Waals surface area contributed by atoms with Crippen molar-refractivity contribution in [2.75, 3.05) is 24.1 Å². The number of hydrogen-bond acceptors (Lipinski definition) is 4. The van der Waals surface area contributed by atoms with Gasteiger partial charge in [0.2, 0.25) is 0 Å². The second-order valence-electron chi connectivity index (χ2n) is 4.74. The van der Waals surface area contributed by atoms with Crippen LogP contribution < -0.4 is 16.4 Å². The first-order valence-electron chi connectivity index (χ1n) is 7.08. The van der Waals surface area contributed by atoms with Crippen molar-refractivity contribution >= 4 is 17.3 Å². The van der Waals surface area contributed by atoms with Crippen LogP contribution in [0.5, 0.6) is 0 Å². The van der Waals surface area contributed by atoms with E-state index in [0.717, 1.165) is 25.2 Å². The number of rotatable bonds is 7. The Morgan fingerprint density at radius 3 is 2.95 bits per heavy atom. The van der Waals surface area contributed by atoms with Gasteiger partial charge < -0.3 is 20.9 Å². The van der Waals surface area contributed by atoms with Gasteiger partial charge in [-0.3, -0.25) is 4.79 Å². The second-order valence-corrected chi connectivity index (χ2v) is 4.74. The van der Waals surface area contributed by atoms with Crippen LogP contribution in [0.2, 0.25) is 0 Å². The summed E-state index contributed by atoms with van der Waals surface area (Å²) >= 11 is 0. The van der Waals surface area contributed by atoms with Crippen LogP contribution in [0.25, 0.3) is 0 Å². The van der Waals surface area contributed by atoms with E-state index in [-0.39, 0.29) is 5.91 Å². The van der Waals surface area contributed by atoms with E-state index in [1.54, 1.807) is 24.7 Å². The van der Waals surface area contributed by atoms with E-state index in [4.69, 9.17) is 5.73 Å². The van der Waals surface area contributed by atoms with Gasteiger partial charge >= 0.3 is 0 Å². The maximum atomic E-state index is 11.7. The second kappa shape index (κ2) is 7.33. The Kier molecular flexibility index (Phi) is 5.20. The third kappa shape index (κ3) is 4.24. The average Bonchev–Trinajstić information content (AvgIpc) is 2.98. The molecule has 0 bridgehead atoms. The van der Waals surface area contributed by atoms with Crippen molar-refractivity contribution in [3.8, 4) is 0 Å². The van der Waals surface area contributed by atoms with Crippen LogP contribution in [0.15, 0.2) is 36.9 Å². The van der Waals surface area contributed by atoms with E-state index in [9.17, 15) is 4.79 Å². The van der Waals surface area contributed by atoms with Gasteiger partial charge in [-0.2, -0.15) is 0 Å². The first kappa shape index (κ1) is 14.9. The number of nitrogen functional groups attached to an aromatic ring is 1. The average molecular weight is 287 g/mol. The molecule has 0 saturated heterocycles. The summed E-state index contributed by atoms with van der Waals surface area (Å²) in [5.74, 6) is -0.101. The van der Waals surface area contributed by atoms with Crippen LogP contribution >= 0.6 is 0 Å². The topological polar surface area (TPSA) is 85.0 Å². The van der Waals surface area contributed by atoms with Gasteiger partial charge in [0, 0.05) is 37.6 Å². The fourth-order valence-electron chi connectivity index (χ4n) is 2.03. The maximum absolute atomic E-state index is 11.7. The molecule has 112 valence electrons. The molecule has 4 N–H and O–H groups in total. The molecule has 1 heterocycles. The van der Waals surface area contributed by atoms with E-state index in [0.29, 0.717) is 17.8 Å². The molecule has 1 aromatic carbocycles. The van der Waals surface area contributed by atoms with Crippen LogP contribution in [-0.2, 0) is 6.54 Å². The normalized spacial score (nSPS) is 10.3. The summed E-state index contributed by atoms with van der Waals surface area (Å²) in [6, 6.07) is 5.32. The van der Waals surface area contributed by atoms with Crippen molar-refractivity contribution in [3.05, 3.63) is 42.5 Å². The molecule has 0 aliphatic rings.